The molecule has 1 aromatic heterocycles. The zero-order chi connectivity index (χ0) is 16.9. The van der Waals surface area contributed by atoms with Crippen LogP contribution in [-0.4, -0.2) is 29.8 Å². The summed E-state index contributed by atoms with van der Waals surface area (Å²) in [6, 6.07) is 7.65. The quantitative estimate of drug-likeness (QED) is 0.826. The second kappa shape index (κ2) is 7.37. The Balaban J connectivity index is 1.77. The minimum Gasteiger partial charge on any atom is -0.484 e. The summed E-state index contributed by atoms with van der Waals surface area (Å²) in [4.78, 5) is 27.3. The summed E-state index contributed by atoms with van der Waals surface area (Å²) in [7, 11) is 0. The largest absolute Gasteiger partial charge is 0.484 e. The van der Waals surface area contributed by atoms with Crippen LogP contribution in [0.5, 0.6) is 5.75 Å². The van der Waals surface area contributed by atoms with Crippen LogP contribution in [0.4, 0.5) is 0 Å². The van der Waals surface area contributed by atoms with Crippen molar-refractivity contribution in [1.29, 1.82) is 0 Å². The molecule has 0 aliphatic carbocycles. The van der Waals surface area contributed by atoms with Gasteiger partial charge in [0, 0.05) is 11.6 Å². The summed E-state index contributed by atoms with van der Waals surface area (Å²) in [6.07, 6.45) is 1.56. The smallest absolute Gasteiger partial charge is 0.258 e. The van der Waals surface area contributed by atoms with Crippen molar-refractivity contribution in [1.82, 2.24) is 10.3 Å². The van der Waals surface area contributed by atoms with Gasteiger partial charge in [-0.2, -0.15) is 0 Å². The van der Waals surface area contributed by atoms with Crippen molar-refractivity contribution in [2.75, 3.05) is 13.2 Å². The summed E-state index contributed by atoms with van der Waals surface area (Å²) in [5, 5.41) is 4.64. The molecule has 0 aliphatic heterocycles. The number of amides is 1. The molecule has 5 nitrogen and oxygen atoms in total. The Morgan fingerprint density at radius 1 is 1.22 bits per heavy atom. The Bertz CT molecular complexity index is 658. The Kier molecular flexibility index (Phi) is 5.50. The molecule has 2 rings (SSSR count). The third-order valence-corrected chi connectivity index (χ3v) is 4.02. The van der Waals surface area contributed by atoms with Crippen molar-refractivity contribution < 1.29 is 14.3 Å². The number of carbonyl (C=O) groups excluding carboxylic acids is 2. The Morgan fingerprint density at radius 3 is 2.48 bits per heavy atom. The van der Waals surface area contributed by atoms with Gasteiger partial charge >= 0.3 is 0 Å². The van der Waals surface area contributed by atoms with E-state index in [0.29, 0.717) is 10.8 Å². The molecule has 6 heteroatoms. The van der Waals surface area contributed by atoms with Gasteiger partial charge in [-0.1, -0.05) is 32.9 Å². The fourth-order valence-electron chi connectivity index (χ4n) is 1.87. The maximum atomic E-state index is 11.7. The third kappa shape index (κ3) is 5.17. The number of thiazole rings is 1. The summed E-state index contributed by atoms with van der Waals surface area (Å²) < 4.78 is 5.42. The average Bonchev–Trinajstić information content (AvgIpc) is 3.04. The fourth-order valence-corrected chi connectivity index (χ4v) is 2.44. The highest BCUT2D eigenvalue weighted by molar-refractivity contribution is 7.11. The number of carbonyl (C=O) groups is 2. The van der Waals surface area contributed by atoms with E-state index in [-0.39, 0.29) is 30.3 Å². The van der Waals surface area contributed by atoms with Crippen molar-refractivity contribution >= 4 is 23.0 Å². The zero-order valence-corrected chi connectivity index (χ0v) is 14.3. The predicted octanol–water partition coefficient (Wildman–Crippen LogP) is 2.82. The first-order chi connectivity index (χ1) is 10.9. The SMILES string of the molecule is CC(C)(C)c1ccc(OCC(=O)NCC(=O)c2nccs2)cc1. The van der Waals surface area contributed by atoms with Crippen LogP contribution < -0.4 is 10.1 Å². The summed E-state index contributed by atoms with van der Waals surface area (Å²) in [6.45, 7) is 6.21. The van der Waals surface area contributed by atoms with Crippen LogP contribution in [0, 0.1) is 0 Å². The molecule has 0 unspecified atom stereocenters. The van der Waals surface area contributed by atoms with Gasteiger partial charge in [-0.3, -0.25) is 9.59 Å². The number of hydrogen-bond acceptors (Lipinski definition) is 5. The lowest BCUT2D eigenvalue weighted by Crippen LogP contribution is -2.33. The summed E-state index contributed by atoms with van der Waals surface area (Å²) in [5.74, 6) is 0.0806. The van der Waals surface area contributed by atoms with Gasteiger partial charge in [0.15, 0.2) is 11.6 Å². The van der Waals surface area contributed by atoms with Gasteiger partial charge in [-0.15, -0.1) is 11.3 Å². The molecular formula is C17H20N2O3S. The maximum absolute atomic E-state index is 11.7. The first kappa shape index (κ1) is 17.1. The van der Waals surface area contributed by atoms with Crippen LogP contribution in [-0.2, 0) is 10.2 Å². The molecule has 0 atom stereocenters. The van der Waals surface area contributed by atoms with E-state index in [9.17, 15) is 9.59 Å². The lowest BCUT2D eigenvalue weighted by atomic mass is 9.87. The minimum atomic E-state index is -0.338. The third-order valence-electron chi connectivity index (χ3n) is 3.21. The zero-order valence-electron chi connectivity index (χ0n) is 13.5. The number of ether oxygens (including phenoxy) is 1. The number of nitrogens with one attached hydrogen (secondary N) is 1. The highest BCUT2D eigenvalue weighted by Crippen LogP contribution is 2.24. The molecule has 0 radical (unpaired) electrons. The van der Waals surface area contributed by atoms with Gasteiger partial charge in [0.25, 0.3) is 5.91 Å². The molecule has 0 fully saturated rings. The molecule has 122 valence electrons. The highest BCUT2D eigenvalue weighted by Gasteiger charge is 2.13. The lowest BCUT2D eigenvalue weighted by molar-refractivity contribution is -0.122. The molecule has 0 spiro atoms. The van der Waals surface area contributed by atoms with E-state index in [2.05, 4.69) is 31.1 Å². The van der Waals surface area contributed by atoms with Crippen molar-refractivity contribution in [3.63, 3.8) is 0 Å². The topological polar surface area (TPSA) is 68.3 Å². The van der Waals surface area contributed by atoms with E-state index in [1.54, 1.807) is 11.6 Å². The first-order valence-electron chi connectivity index (χ1n) is 7.29. The molecule has 0 saturated carbocycles. The predicted molar refractivity (Wildman–Crippen MR) is 90.1 cm³/mol. The molecular weight excluding hydrogens is 312 g/mol. The molecule has 2 aromatic rings. The van der Waals surface area contributed by atoms with Crippen LogP contribution >= 0.6 is 11.3 Å². The van der Waals surface area contributed by atoms with Gasteiger partial charge < -0.3 is 10.1 Å². The number of aromatic nitrogens is 1. The first-order valence-corrected chi connectivity index (χ1v) is 8.17. The van der Waals surface area contributed by atoms with Crippen LogP contribution in [0.25, 0.3) is 0 Å². The molecule has 0 saturated heterocycles. The van der Waals surface area contributed by atoms with Crippen molar-refractivity contribution in [3.05, 3.63) is 46.4 Å². The Hall–Kier alpha value is -2.21. The number of benzene rings is 1. The standard InChI is InChI=1S/C17H20N2O3S/c1-17(2,3)12-4-6-13(7-5-12)22-11-15(21)19-10-14(20)16-18-8-9-23-16/h4-9H,10-11H2,1-3H3,(H,19,21). The van der Waals surface area contributed by atoms with E-state index in [0.717, 1.165) is 0 Å². The van der Waals surface area contributed by atoms with Gasteiger partial charge in [0.2, 0.25) is 5.78 Å². The summed E-state index contributed by atoms with van der Waals surface area (Å²) in [5.41, 5.74) is 1.27. The number of nitrogens with zero attached hydrogens (tertiary/aromatic N) is 1. The molecule has 0 aliphatic rings. The second-order valence-electron chi connectivity index (χ2n) is 6.10. The van der Waals surface area contributed by atoms with Gasteiger partial charge in [-0.25, -0.2) is 4.98 Å². The van der Waals surface area contributed by atoms with Gasteiger partial charge in [0.05, 0.1) is 6.54 Å². The molecule has 1 amide bonds. The van der Waals surface area contributed by atoms with E-state index in [4.69, 9.17) is 4.74 Å². The Morgan fingerprint density at radius 2 is 1.91 bits per heavy atom. The van der Waals surface area contributed by atoms with Crippen LogP contribution in [0.2, 0.25) is 0 Å². The molecule has 1 aromatic carbocycles. The van der Waals surface area contributed by atoms with Crippen molar-refractivity contribution in [3.8, 4) is 5.75 Å². The second-order valence-corrected chi connectivity index (χ2v) is 6.99. The molecule has 1 N–H and O–H groups in total. The van der Waals surface area contributed by atoms with Gasteiger partial charge in [0.1, 0.15) is 5.75 Å². The number of rotatable bonds is 6. The number of Topliss-reactive ketones (excluding diaryl/α,β-unsaturated/α-hetero) is 1. The van der Waals surface area contributed by atoms with Crippen molar-refractivity contribution in [2.45, 2.75) is 26.2 Å². The average molecular weight is 332 g/mol. The molecule has 23 heavy (non-hydrogen) atoms. The highest BCUT2D eigenvalue weighted by atomic mass is 32.1. The van der Waals surface area contributed by atoms with E-state index in [1.807, 2.05) is 24.3 Å². The number of hydrogen-bond donors (Lipinski definition) is 1. The number of ketones is 1. The lowest BCUT2D eigenvalue weighted by Gasteiger charge is -2.19. The van der Waals surface area contributed by atoms with E-state index in [1.165, 1.54) is 16.9 Å². The van der Waals surface area contributed by atoms with Crippen LogP contribution in [0.1, 0.15) is 36.1 Å². The minimum absolute atomic E-state index is 0.0708. The van der Waals surface area contributed by atoms with Crippen molar-refractivity contribution in [2.24, 2.45) is 0 Å². The Labute approximate surface area is 139 Å². The van der Waals surface area contributed by atoms with Gasteiger partial charge in [-0.05, 0) is 23.1 Å². The molecule has 0 bridgehead atoms. The van der Waals surface area contributed by atoms with Crippen LogP contribution in [0.3, 0.4) is 0 Å². The monoisotopic (exact) mass is 332 g/mol. The van der Waals surface area contributed by atoms with Crippen LogP contribution in [0.15, 0.2) is 35.8 Å². The van der Waals surface area contributed by atoms with E-state index < -0.39 is 0 Å². The normalized spacial score (nSPS) is 11.1. The summed E-state index contributed by atoms with van der Waals surface area (Å²) >= 11 is 1.25. The molecule has 1 heterocycles. The fraction of sp³-hybridized carbons (Fsp3) is 0.353. The van der Waals surface area contributed by atoms with E-state index >= 15 is 0 Å². The maximum Gasteiger partial charge on any atom is 0.258 e.